The van der Waals surface area contributed by atoms with Crippen LogP contribution >= 0.6 is 0 Å². The van der Waals surface area contributed by atoms with Crippen LogP contribution < -0.4 is 4.74 Å². The standard InChI is InChI=1S/C19H22N2O3/c1-14-7-8-17(20-13-14)19(23)9-11-21(12-10-19)18(22)15-5-3-4-6-16(15)24-2/h3-8,13,23H,9-12H2,1-2H3. The van der Waals surface area contributed by atoms with E-state index in [2.05, 4.69) is 4.98 Å². The number of pyridine rings is 1. The van der Waals surface area contributed by atoms with Crippen molar-refractivity contribution in [2.24, 2.45) is 0 Å². The fourth-order valence-electron chi connectivity index (χ4n) is 3.07. The first-order chi connectivity index (χ1) is 11.5. The second-order valence-corrected chi connectivity index (χ2v) is 6.24. The summed E-state index contributed by atoms with van der Waals surface area (Å²) in [6.07, 6.45) is 2.72. The van der Waals surface area contributed by atoms with E-state index in [-0.39, 0.29) is 5.91 Å². The number of ether oxygens (including phenoxy) is 1. The summed E-state index contributed by atoms with van der Waals surface area (Å²) in [6.45, 7) is 2.95. The molecule has 1 aromatic heterocycles. The summed E-state index contributed by atoms with van der Waals surface area (Å²) >= 11 is 0. The lowest BCUT2D eigenvalue weighted by molar-refractivity contribution is -0.0244. The molecule has 1 N–H and O–H groups in total. The molecule has 0 saturated carbocycles. The summed E-state index contributed by atoms with van der Waals surface area (Å²) < 4.78 is 5.27. The van der Waals surface area contributed by atoms with Crippen molar-refractivity contribution < 1.29 is 14.6 Å². The number of para-hydroxylation sites is 1. The molecule has 1 amide bonds. The predicted octanol–water partition coefficient (Wildman–Crippen LogP) is 2.52. The Labute approximate surface area is 141 Å². The van der Waals surface area contributed by atoms with Crippen LogP contribution in [0.2, 0.25) is 0 Å². The van der Waals surface area contributed by atoms with Gasteiger partial charge in [-0.3, -0.25) is 9.78 Å². The number of aromatic nitrogens is 1. The number of hydrogen-bond donors (Lipinski definition) is 1. The maximum Gasteiger partial charge on any atom is 0.257 e. The summed E-state index contributed by atoms with van der Waals surface area (Å²) in [5.74, 6) is 0.509. The van der Waals surface area contributed by atoms with Gasteiger partial charge in [0.1, 0.15) is 11.4 Å². The lowest BCUT2D eigenvalue weighted by Gasteiger charge is -2.38. The minimum atomic E-state index is -0.967. The Morgan fingerprint density at radius 1 is 1.21 bits per heavy atom. The molecule has 1 aliphatic rings. The lowest BCUT2D eigenvalue weighted by atomic mass is 9.87. The second-order valence-electron chi connectivity index (χ2n) is 6.24. The number of amides is 1. The number of benzene rings is 1. The Balaban J connectivity index is 1.72. The number of aryl methyl sites for hydroxylation is 1. The molecule has 2 aromatic rings. The fraction of sp³-hybridized carbons (Fsp3) is 0.368. The molecule has 0 radical (unpaired) electrons. The smallest absolute Gasteiger partial charge is 0.257 e. The molecular formula is C19H22N2O3. The summed E-state index contributed by atoms with van der Waals surface area (Å²) in [4.78, 5) is 18.8. The van der Waals surface area contributed by atoms with Crippen molar-refractivity contribution in [3.05, 3.63) is 59.4 Å². The molecule has 0 bridgehead atoms. The summed E-state index contributed by atoms with van der Waals surface area (Å²) in [6, 6.07) is 11.0. The Morgan fingerprint density at radius 3 is 2.54 bits per heavy atom. The zero-order valence-electron chi connectivity index (χ0n) is 14.0. The molecule has 1 aromatic carbocycles. The molecule has 0 aliphatic carbocycles. The molecule has 1 fully saturated rings. The van der Waals surface area contributed by atoms with Crippen LogP contribution in [-0.4, -0.2) is 41.1 Å². The molecule has 0 atom stereocenters. The zero-order chi connectivity index (χ0) is 17.2. The fourth-order valence-corrected chi connectivity index (χ4v) is 3.07. The van der Waals surface area contributed by atoms with Crippen LogP contribution in [0.5, 0.6) is 5.75 Å². The average molecular weight is 326 g/mol. The third-order valence-corrected chi connectivity index (χ3v) is 4.60. The summed E-state index contributed by atoms with van der Waals surface area (Å²) in [5.41, 5.74) is 1.33. The van der Waals surface area contributed by atoms with Crippen LogP contribution in [0.1, 0.15) is 34.5 Å². The molecule has 2 heterocycles. The minimum Gasteiger partial charge on any atom is -0.496 e. The number of aliphatic hydroxyl groups is 1. The quantitative estimate of drug-likeness (QED) is 0.941. The van der Waals surface area contributed by atoms with Crippen LogP contribution in [0.15, 0.2) is 42.6 Å². The monoisotopic (exact) mass is 326 g/mol. The molecule has 0 spiro atoms. The van der Waals surface area contributed by atoms with Gasteiger partial charge in [-0.15, -0.1) is 0 Å². The summed E-state index contributed by atoms with van der Waals surface area (Å²) in [5, 5.41) is 10.9. The minimum absolute atomic E-state index is 0.0636. The molecule has 5 nitrogen and oxygen atoms in total. The Morgan fingerprint density at radius 2 is 1.92 bits per heavy atom. The van der Waals surface area contributed by atoms with E-state index in [1.54, 1.807) is 30.3 Å². The Hall–Kier alpha value is -2.40. The molecule has 1 aliphatic heterocycles. The van der Waals surface area contributed by atoms with E-state index in [0.717, 1.165) is 5.56 Å². The van der Waals surface area contributed by atoms with Crippen LogP contribution in [0, 0.1) is 6.92 Å². The van der Waals surface area contributed by atoms with Crippen molar-refractivity contribution in [2.75, 3.05) is 20.2 Å². The number of nitrogens with zero attached hydrogens (tertiary/aromatic N) is 2. The molecule has 5 heteroatoms. The SMILES string of the molecule is COc1ccccc1C(=O)N1CCC(O)(c2ccc(C)cn2)CC1. The first kappa shape index (κ1) is 16.5. The predicted molar refractivity (Wildman–Crippen MR) is 91.0 cm³/mol. The first-order valence-electron chi connectivity index (χ1n) is 8.11. The number of piperidine rings is 1. The first-order valence-corrected chi connectivity index (χ1v) is 8.11. The maximum absolute atomic E-state index is 12.7. The van der Waals surface area contributed by atoms with Crippen molar-refractivity contribution in [1.29, 1.82) is 0 Å². The van der Waals surface area contributed by atoms with Gasteiger partial charge in [-0.2, -0.15) is 0 Å². The highest BCUT2D eigenvalue weighted by molar-refractivity contribution is 5.97. The van der Waals surface area contributed by atoms with Gasteiger partial charge in [-0.25, -0.2) is 0 Å². The van der Waals surface area contributed by atoms with Gasteiger partial charge < -0.3 is 14.7 Å². The molecule has 0 unspecified atom stereocenters. The number of rotatable bonds is 3. The summed E-state index contributed by atoms with van der Waals surface area (Å²) in [7, 11) is 1.56. The second kappa shape index (κ2) is 6.61. The third kappa shape index (κ3) is 3.12. The van der Waals surface area contributed by atoms with E-state index in [0.29, 0.717) is 42.9 Å². The number of carbonyl (C=O) groups excluding carboxylic acids is 1. The molecular weight excluding hydrogens is 304 g/mol. The Bertz CT molecular complexity index is 720. The van der Waals surface area contributed by atoms with Crippen molar-refractivity contribution in [3.63, 3.8) is 0 Å². The topological polar surface area (TPSA) is 62.7 Å². The number of carbonyl (C=O) groups is 1. The van der Waals surface area contributed by atoms with E-state index in [9.17, 15) is 9.90 Å². The largest absolute Gasteiger partial charge is 0.496 e. The van der Waals surface area contributed by atoms with Gasteiger partial charge in [-0.1, -0.05) is 18.2 Å². The third-order valence-electron chi connectivity index (χ3n) is 4.60. The number of methoxy groups -OCH3 is 1. The van der Waals surface area contributed by atoms with Crippen molar-refractivity contribution in [1.82, 2.24) is 9.88 Å². The molecule has 1 saturated heterocycles. The Kier molecular flexibility index (Phi) is 4.53. The van der Waals surface area contributed by atoms with Gasteiger partial charge in [0.2, 0.25) is 0 Å². The van der Waals surface area contributed by atoms with E-state index in [4.69, 9.17) is 4.74 Å². The van der Waals surface area contributed by atoms with Crippen molar-refractivity contribution in [3.8, 4) is 5.75 Å². The highest BCUT2D eigenvalue weighted by Gasteiger charge is 2.37. The van der Waals surface area contributed by atoms with Crippen molar-refractivity contribution in [2.45, 2.75) is 25.4 Å². The maximum atomic E-state index is 12.7. The molecule has 24 heavy (non-hydrogen) atoms. The van der Waals surface area contributed by atoms with E-state index >= 15 is 0 Å². The zero-order valence-corrected chi connectivity index (χ0v) is 14.0. The number of hydrogen-bond acceptors (Lipinski definition) is 4. The van der Waals surface area contributed by atoms with E-state index < -0.39 is 5.60 Å². The highest BCUT2D eigenvalue weighted by atomic mass is 16.5. The van der Waals surface area contributed by atoms with Gasteiger partial charge in [0.05, 0.1) is 18.4 Å². The van der Waals surface area contributed by atoms with Crippen LogP contribution in [0.4, 0.5) is 0 Å². The van der Waals surface area contributed by atoms with Gasteiger partial charge in [0.15, 0.2) is 0 Å². The van der Waals surface area contributed by atoms with Gasteiger partial charge in [0, 0.05) is 19.3 Å². The highest BCUT2D eigenvalue weighted by Crippen LogP contribution is 2.32. The molecule has 126 valence electrons. The van der Waals surface area contributed by atoms with Gasteiger partial charge in [0.25, 0.3) is 5.91 Å². The average Bonchev–Trinajstić information content (AvgIpc) is 2.62. The molecule has 3 rings (SSSR count). The van der Waals surface area contributed by atoms with Crippen LogP contribution in [0.3, 0.4) is 0 Å². The van der Waals surface area contributed by atoms with Crippen LogP contribution in [-0.2, 0) is 5.60 Å². The van der Waals surface area contributed by atoms with Crippen molar-refractivity contribution >= 4 is 5.91 Å². The lowest BCUT2D eigenvalue weighted by Crippen LogP contribution is -2.45. The van der Waals surface area contributed by atoms with Gasteiger partial charge in [-0.05, 0) is 43.5 Å². The normalized spacial score (nSPS) is 16.7. The van der Waals surface area contributed by atoms with E-state index in [1.807, 2.05) is 31.2 Å². The van der Waals surface area contributed by atoms with E-state index in [1.165, 1.54) is 0 Å². The number of likely N-dealkylation sites (tertiary alicyclic amines) is 1. The van der Waals surface area contributed by atoms with Crippen LogP contribution in [0.25, 0.3) is 0 Å². The van der Waals surface area contributed by atoms with Gasteiger partial charge >= 0.3 is 0 Å².